The average molecular weight is 249 g/mol. The lowest BCUT2D eigenvalue weighted by Crippen LogP contribution is -2.27. The highest BCUT2D eigenvalue weighted by Gasteiger charge is 2.33. The van der Waals surface area contributed by atoms with Gasteiger partial charge < -0.3 is 19.5 Å². The third-order valence-electron chi connectivity index (χ3n) is 3.30. The number of para-hydroxylation sites is 1. The fraction of sp³-hybridized carbons (Fsp3) is 0.462. The molecule has 2 aliphatic heterocycles. The Labute approximate surface area is 105 Å². The number of anilines is 1. The first-order valence-electron chi connectivity index (χ1n) is 6.09. The maximum atomic E-state index is 11.9. The van der Waals surface area contributed by atoms with Crippen molar-refractivity contribution in [1.82, 2.24) is 0 Å². The number of aliphatic hydroxyl groups is 1. The molecule has 0 spiro atoms. The number of carbonyl (C=O) groups excluding carboxylic acids is 1. The maximum Gasteiger partial charge on any atom is 0.227 e. The van der Waals surface area contributed by atoms with Crippen LogP contribution in [-0.4, -0.2) is 37.4 Å². The number of hydrogen-bond acceptors (Lipinski definition) is 4. The first-order valence-corrected chi connectivity index (χ1v) is 6.09. The van der Waals surface area contributed by atoms with Crippen molar-refractivity contribution in [3.8, 4) is 11.5 Å². The molecule has 1 saturated heterocycles. The molecular formula is C13H15NO4. The van der Waals surface area contributed by atoms with E-state index in [4.69, 9.17) is 14.6 Å². The molecule has 5 heteroatoms. The number of fused-ring (bicyclic) bond motifs is 1. The Morgan fingerprint density at radius 3 is 2.94 bits per heavy atom. The number of benzene rings is 1. The Hall–Kier alpha value is -1.75. The van der Waals surface area contributed by atoms with Gasteiger partial charge in [-0.15, -0.1) is 0 Å². The molecule has 3 rings (SSSR count). The Kier molecular flexibility index (Phi) is 2.83. The predicted octanol–water partition coefficient (Wildman–Crippen LogP) is 0.803. The quantitative estimate of drug-likeness (QED) is 0.842. The van der Waals surface area contributed by atoms with Gasteiger partial charge in [0.05, 0.1) is 5.69 Å². The highest BCUT2D eigenvalue weighted by atomic mass is 16.6. The van der Waals surface area contributed by atoms with Crippen molar-refractivity contribution in [2.75, 3.05) is 31.3 Å². The standard InChI is InChI=1S/C13H15NO4/c15-8-9-6-12(16)14(7-9)10-2-1-3-11-13(10)18-5-4-17-11/h1-3,9,15H,4-8H2. The lowest BCUT2D eigenvalue weighted by molar-refractivity contribution is -0.117. The number of carbonyl (C=O) groups is 1. The zero-order valence-corrected chi connectivity index (χ0v) is 9.96. The van der Waals surface area contributed by atoms with Gasteiger partial charge in [-0.05, 0) is 12.1 Å². The van der Waals surface area contributed by atoms with E-state index in [9.17, 15) is 4.79 Å². The summed E-state index contributed by atoms with van der Waals surface area (Å²) in [5.41, 5.74) is 0.744. The molecule has 2 heterocycles. The summed E-state index contributed by atoms with van der Waals surface area (Å²) in [6.07, 6.45) is 0.390. The highest BCUT2D eigenvalue weighted by molar-refractivity contribution is 5.97. The van der Waals surface area contributed by atoms with E-state index < -0.39 is 0 Å². The van der Waals surface area contributed by atoms with Gasteiger partial charge in [-0.3, -0.25) is 4.79 Å². The van der Waals surface area contributed by atoms with Gasteiger partial charge in [-0.1, -0.05) is 6.07 Å². The SMILES string of the molecule is O=C1CC(CO)CN1c1cccc2c1OCCO2. The van der Waals surface area contributed by atoms with Gasteiger partial charge in [0.25, 0.3) is 0 Å². The number of hydrogen-bond donors (Lipinski definition) is 1. The van der Waals surface area contributed by atoms with E-state index in [0.29, 0.717) is 37.7 Å². The number of ether oxygens (including phenoxy) is 2. The normalized spacial score (nSPS) is 22.4. The second kappa shape index (κ2) is 4.49. The van der Waals surface area contributed by atoms with Gasteiger partial charge in [0, 0.05) is 25.5 Å². The molecule has 0 saturated carbocycles. The smallest absolute Gasteiger partial charge is 0.227 e. The van der Waals surface area contributed by atoms with Crippen molar-refractivity contribution >= 4 is 11.6 Å². The van der Waals surface area contributed by atoms with Gasteiger partial charge in [-0.25, -0.2) is 0 Å². The van der Waals surface area contributed by atoms with Gasteiger partial charge >= 0.3 is 0 Å². The van der Waals surface area contributed by atoms with Gasteiger partial charge in [0.1, 0.15) is 13.2 Å². The topological polar surface area (TPSA) is 59.0 Å². The van der Waals surface area contributed by atoms with Crippen LogP contribution in [0.5, 0.6) is 11.5 Å². The number of rotatable bonds is 2. The lowest BCUT2D eigenvalue weighted by Gasteiger charge is -2.25. The molecule has 0 bridgehead atoms. The van der Waals surface area contributed by atoms with E-state index in [1.165, 1.54) is 0 Å². The van der Waals surface area contributed by atoms with Crippen LogP contribution in [0.1, 0.15) is 6.42 Å². The first kappa shape index (κ1) is 11.3. The third-order valence-corrected chi connectivity index (χ3v) is 3.30. The molecule has 1 aromatic carbocycles. The zero-order chi connectivity index (χ0) is 12.5. The van der Waals surface area contributed by atoms with Crippen LogP contribution in [0.2, 0.25) is 0 Å². The molecule has 1 atom stereocenters. The number of amides is 1. The summed E-state index contributed by atoms with van der Waals surface area (Å²) in [6, 6.07) is 5.54. The fourth-order valence-electron chi connectivity index (χ4n) is 2.41. The summed E-state index contributed by atoms with van der Waals surface area (Å²) in [5, 5.41) is 9.15. The number of nitrogens with zero attached hydrogens (tertiary/aromatic N) is 1. The van der Waals surface area contributed by atoms with Crippen LogP contribution in [0.25, 0.3) is 0 Å². The first-order chi connectivity index (χ1) is 8.79. The monoisotopic (exact) mass is 249 g/mol. The molecule has 5 nitrogen and oxygen atoms in total. The van der Waals surface area contributed by atoms with Crippen LogP contribution in [0.4, 0.5) is 5.69 Å². The van der Waals surface area contributed by atoms with Crippen LogP contribution >= 0.6 is 0 Å². The van der Waals surface area contributed by atoms with Crippen molar-refractivity contribution in [2.24, 2.45) is 5.92 Å². The number of aliphatic hydroxyl groups excluding tert-OH is 1. The molecule has 0 aliphatic carbocycles. The molecule has 96 valence electrons. The second-order valence-electron chi connectivity index (χ2n) is 4.56. The largest absolute Gasteiger partial charge is 0.486 e. The fourth-order valence-corrected chi connectivity index (χ4v) is 2.41. The highest BCUT2D eigenvalue weighted by Crippen LogP contribution is 2.41. The molecule has 18 heavy (non-hydrogen) atoms. The van der Waals surface area contributed by atoms with E-state index in [2.05, 4.69) is 0 Å². The van der Waals surface area contributed by atoms with E-state index in [-0.39, 0.29) is 18.4 Å². The summed E-state index contributed by atoms with van der Waals surface area (Å²) in [7, 11) is 0. The minimum Gasteiger partial charge on any atom is -0.486 e. The summed E-state index contributed by atoms with van der Waals surface area (Å²) in [6.45, 7) is 1.60. The second-order valence-corrected chi connectivity index (χ2v) is 4.56. The summed E-state index contributed by atoms with van der Waals surface area (Å²) < 4.78 is 11.1. The molecule has 0 aromatic heterocycles. The molecule has 1 unspecified atom stereocenters. The van der Waals surface area contributed by atoms with Crippen molar-refractivity contribution in [1.29, 1.82) is 0 Å². The van der Waals surface area contributed by atoms with E-state index in [0.717, 1.165) is 5.69 Å². The Balaban J connectivity index is 1.95. The summed E-state index contributed by atoms with van der Waals surface area (Å²) >= 11 is 0. The van der Waals surface area contributed by atoms with Gasteiger partial charge in [-0.2, -0.15) is 0 Å². The van der Waals surface area contributed by atoms with Crippen LogP contribution in [0.15, 0.2) is 18.2 Å². The van der Waals surface area contributed by atoms with Crippen molar-refractivity contribution in [3.05, 3.63) is 18.2 Å². The van der Waals surface area contributed by atoms with Crippen molar-refractivity contribution < 1.29 is 19.4 Å². The molecule has 0 radical (unpaired) electrons. The summed E-state index contributed by atoms with van der Waals surface area (Å²) in [4.78, 5) is 13.6. The van der Waals surface area contributed by atoms with Gasteiger partial charge in [0.15, 0.2) is 11.5 Å². The van der Waals surface area contributed by atoms with Crippen molar-refractivity contribution in [2.45, 2.75) is 6.42 Å². The van der Waals surface area contributed by atoms with Gasteiger partial charge in [0.2, 0.25) is 5.91 Å². The summed E-state index contributed by atoms with van der Waals surface area (Å²) in [5.74, 6) is 1.35. The molecule has 1 N–H and O–H groups in total. The molecule has 1 aromatic rings. The van der Waals surface area contributed by atoms with Crippen LogP contribution in [0, 0.1) is 5.92 Å². The maximum absolute atomic E-state index is 11.9. The molecule has 2 aliphatic rings. The average Bonchev–Trinajstić information content (AvgIpc) is 2.79. The minimum atomic E-state index is 0.0119. The Morgan fingerprint density at radius 1 is 1.33 bits per heavy atom. The minimum absolute atomic E-state index is 0.0119. The third kappa shape index (κ3) is 1.80. The van der Waals surface area contributed by atoms with E-state index in [1.54, 1.807) is 4.90 Å². The van der Waals surface area contributed by atoms with Crippen molar-refractivity contribution in [3.63, 3.8) is 0 Å². The molecule has 1 fully saturated rings. The predicted molar refractivity (Wildman–Crippen MR) is 65.0 cm³/mol. The van der Waals surface area contributed by atoms with E-state index >= 15 is 0 Å². The Bertz CT molecular complexity index is 474. The molecule has 1 amide bonds. The lowest BCUT2D eigenvalue weighted by atomic mass is 10.1. The zero-order valence-electron chi connectivity index (χ0n) is 9.96. The Morgan fingerprint density at radius 2 is 2.17 bits per heavy atom. The van der Waals surface area contributed by atoms with Crippen LogP contribution in [-0.2, 0) is 4.79 Å². The van der Waals surface area contributed by atoms with Crippen LogP contribution < -0.4 is 14.4 Å². The van der Waals surface area contributed by atoms with E-state index in [1.807, 2.05) is 18.2 Å². The van der Waals surface area contributed by atoms with Crippen LogP contribution in [0.3, 0.4) is 0 Å². The molecular weight excluding hydrogens is 234 g/mol.